The Morgan fingerprint density at radius 3 is 2.79 bits per heavy atom. The lowest BCUT2D eigenvalue weighted by molar-refractivity contribution is 0.0989. The molecule has 0 aromatic heterocycles. The number of anilines is 1. The summed E-state index contributed by atoms with van der Waals surface area (Å²) in [5.74, 6) is 0.129. The lowest BCUT2D eigenvalue weighted by Crippen LogP contribution is -2.01. The van der Waals surface area contributed by atoms with Crippen molar-refractivity contribution in [1.82, 2.24) is 0 Å². The molecule has 0 aliphatic heterocycles. The molecule has 1 aromatic carbocycles. The Morgan fingerprint density at radius 2 is 2.21 bits per heavy atom. The minimum absolute atomic E-state index is 0.129. The second-order valence-corrected chi connectivity index (χ2v) is 4.53. The molecular formula is C10H12BrNOS. The molecule has 0 saturated heterocycles. The maximum absolute atomic E-state index is 11.6. The average molecular weight is 274 g/mol. The molecule has 0 fully saturated rings. The van der Waals surface area contributed by atoms with Crippen molar-refractivity contribution in [2.75, 3.05) is 17.3 Å². The van der Waals surface area contributed by atoms with E-state index in [0.717, 1.165) is 4.90 Å². The van der Waals surface area contributed by atoms with Gasteiger partial charge in [0.25, 0.3) is 0 Å². The van der Waals surface area contributed by atoms with E-state index in [1.807, 2.05) is 18.4 Å². The molecule has 0 bridgehead atoms. The summed E-state index contributed by atoms with van der Waals surface area (Å²) in [4.78, 5) is 12.6. The van der Waals surface area contributed by atoms with Crippen LogP contribution in [0.3, 0.4) is 0 Å². The van der Waals surface area contributed by atoms with E-state index in [1.54, 1.807) is 17.8 Å². The first-order valence-electron chi connectivity index (χ1n) is 4.21. The van der Waals surface area contributed by atoms with E-state index in [-0.39, 0.29) is 5.78 Å². The minimum atomic E-state index is 0.129. The molecule has 14 heavy (non-hydrogen) atoms. The number of rotatable bonds is 4. The molecule has 76 valence electrons. The highest BCUT2D eigenvalue weighted by Crippen LogP contribution is 2.21. The number of carbonyl (C=O) groups excluding carboxylic acids is 1. The Hall–Kier alpha value is -0.480. The first kappa shape index (κ1) is 11.6. The highest BCUT2D eigenvalue weighted by molar-refractivity contribution is 9.09. The van der Waals surface area contributed by atoms with E-state index in [1.165, 1.54) is 0 Å². The van der Waals surface area contributed by atoms with Crippen LogP contribution in [-0.4, -0.2) is 17.4 Å². The quantitative estimate of drug-likeness (QED) is 0.397. The van der Waals surface area contributed by atoms with Gasteiger partial charge >= 0.3 is 0 Å². The van der Waals surface area contributed by atoms with E-state index < -0.39 is 0 Å². The number of alkyl halides is 1. The average Bonchev–Trinajstić information content (AvgIpc) is 2.17. The summed E-state index contributed by atoms with van der Waals surface area (Å²) in [6.07, 6.45) is 2.48. The van der Waals surface area contributed by atoms with Crippen LogP contribution in [0.4, 0.5) is 5.69 Å². The first-order chi connectivity index (χ1) is 6.67. The van der Waals surface area contributed by atoms with E-state index >= 15 is 0 Å². The largest absolute Gasteiger partial charge is 0.399 e. The third-order valence-corrected chi connectivity index (χ3v) is 2.91. The molecule has 0 heterocycles. The predicted octanol–water partition coefficient (Wildman–Crippen LogP) is 2.96. The van der Waals surface area contributed by atoms with Crippen molar-refractivity contribution >= 4 is 39.2 Å². The Bertz CT molecular complexity index is 341. The molecule has 1 rings (SSSR count). The molecule has 0 radical (unpaired) electrons. The van der Waals surface area contributed by atoms with Gasteiger partial charge in [-0.3, -0.25) is 4.79 Å². The van der Waals surface area contributed by atoms with Gasteiger partial charge in [0.2, 0.25) is 0 Å². The minimum Gasteiger partial charge on any atom is -0.399 e. The van der Waals surface area contributed by atoms with Gasteiger partial charge in [0, 0.05) is 27.9 Å². The molecule has 2 N–H and O–H groups in total. The number of Topliss-reactive ketones (excluding diaryl/α,β-unsaturated/α-hetero) is 1. The van der Waals surface area contributed by atoms with Gasteiger partial charge in [0.15, 0.2) is 5.78 Å². The number of thioether (sulfide) groups is 1. The number of carbonyl (C=O) groups is 1. The van der Waals surface area contributed by atoms with Gasteiger partial charge in [0.1, 0.15) is 0 Å². The topological polar surface area (TPSA) is 43.1 Å². The highest BCUT2D eigenvalue weighted by Gasteiger charge is 2.06. The van der Waals surface area contributed by atoms with Crippen LogP contribution in [-0.2, 0) is 0 Å². The van der Waals surface area contributed by atoms with Gasteiger partial charge < -0.3 is 5.73 Å². The van der Waals surface area contributed by atoms with E-state index in [9.17, 15) is 4.79 Å². The molecule has 0 unspecified atom stereocenters. The van der Waals surface area contributed by atoms with E-state index in [4.69, 9.17) is 5.73 Å². The molecule has 0 aliphatic rings. The zero-order chi connectivity index (χ0) is 10.6. The van der Waals surface area contributed by atoms with Crippen molar-refractivity contribution in [1.29, 1.82) is 0 Å². The van der Waals surface area contributed by atoms with Crippen LogP contribution in [0.2, 0.25) is 0 Å². The van der Waals surface area contributed by atoms with Crippen molar-refractivity contribution in [2.24, 2.45) is 0 Å². The zero-order valence-electron chi connectivity index (χ0n) is 7.92. The number of nitrogen functional groups attached to an aromatic ring is 1. The fraction of sp³-hybridized carbons (Fsp3) is 0.300. The number of nitrogens with two attached hydrogens (primary N) is 1. The fourth-order valence-electron chi connectivity index (χ4n) is 1.13. The van der Waals surface area contributed by atoms with Crippen LogP contribution in [0.25, 0.3) is 0 Å². The summed E-state index contributed by atoms with van der Waals surface area (Å²) in [5.41, 5.74) is 7.04. The van der Waals surface area contributed by atoms with Crippen LogP contribution in [0.5, 0.6) is 0 Å². The second kappa shape index (κ2) is 5.41. The van der Waals surface area contributed by atoms with Gasteiger partial charge in [-0.25, -0.2) is 0 Å². The number of hydrogen-bond donors (Lipinski definition) is 1. The van der Waals surface area contributed by atoms with Crippen molar-refractivity contribution in [2.45, 2.75) is 11.3 Å². The smallest absolute Gasteiger partial charge is 0.163 e. The third kappa shape index (κ3) is 3.03. The Morgan fingerprint density at radius 1 is 1.50 bits per heavy atom. The summed E-state index contributed by atoms with van der Waals surface area (Å²) in [5, 5.41) is 0.690. The third-order valence-electron chi connectivity index (χ3n) is 1.81. The van der Waals surface area contributed by atoms with Crippen LogP contribution >= 0.6 is 27.7 Å². The summed E-state index contributed by atoms with van der Waals surface area (Å²) >= 11 is 4.83. The maximum Gasteiger partial charge on any atom is 0.163 e. The van der Waals surface area contributed by atoms with Crippen LogP contribution in [0, 0.1) is 0 Å². The SMILES string of the molecule is CSc1cc(N)cc(C(=O)CCBr)c1. The summed E-state index contributed by atoms with van der Waals surface area (Å²) in [7, 11) is 0. The van der Waals surface area contributed by atoms with Crippen LogP contribution in [0.1, 0.15) is 16.8 Å². The number of halogens is 1. The summed E-state index contributed by atoms with van der Waals surface area (Å²) in [6, 6.07) is 5.48. The van der Waals surface area contributed by atoms with E-state index in [0.29, 0.717) is 23.0 Å². The molecule has 0 saturated carbocycles. The first-order valence-corrected chi connectivity index (χ1v) is 6.55. The molecule has 4 heteroatoms. The lowest BCUT2D eigenvalue weighted by Gasteiger charge is -2.03. The Balaban J connectivity index is 2.96. The second-order valence-electron chi connectivity index (χ2n) is 2.86. The number of ketones is 1. The van der Waals surface area contributed by atoms with E-state index in [2.05, 4.69) is 15.9 Å². The molecule has 2 nitrogen and oxygen atoms in total. The molecule has 1 aromatic rings. The monoisotopic (exact) mass is 273 g/mol. The van der Waals surface area contributed by atoms with Gasteiger partial charge in [0.05, 0.1) is 0 Å². The Labute approximate surface area is 96.4 Å². The predicted molar refractivity (Wildman–Crippen MR) is 65.4 cm³/mol. The Kier molecular flexibility index (Phi) is 4.48. The van der Waals surface area contributed by atoms with Crippen molar-refractivity contribution in [3.05, 3.63) is 23.8 Å². The molecule has 0 amide bonds. The standard InChI is InChI=1S/C10H12BrNOS/c1-14-9-5-7(4-8(12)6-9)10(13)2-3-11/h4-6H,2-3,12H2,1H3. The molecule has 0 spiro atoms. The number of hydrogen-bond acceptors (Lipinski definition) is 3. The van der Waals surface area contributed by atoms with Crippen LogP contribution in [0.15, 0.2) is 23.1 Å². The molecular weight excluding hydrogens is 262 g/mol. The summed E-state index contributed by atoms with van der Waals surface area (Å²) < 4.78 is 0. The lowest BCUT2D eigenvalue weighted by atomic mass is 10.1. The van der Waals surface area contributed by atoms with Gasteiger partial charge in [-0.2, -0.15) is 0 Å². The summed E-state index contributed by atoms with van der Waals surface area (Å²) in [6.45, 7) is 0. The molecule has 0 aliphatic carbocycles. The number of benzene rings is 1. The normalized spacial score (nSPS) is 10.1. The zero-order valence-corrected chi connectivity index (χ0v) is 10.3. The maximum atomic E-state index is 11.6. The van der Waals surface area contributed by atoms with Gasteiger partial charge in [-0.1, -0.05) is 15.9 Å². The van der Waals surface area contributed by atoms with Crippen molar-refractivity contribution in [3.63, 3.8) is 0 Å². The van der Waals surface area contributed by atoms with Gasteiger partial charge in [-0.15, -0.1) is 11.8 Å². The van der Waals surface area contributed by atoms with Crippen LogP contribution < -0.4 is 5.73 Å². The fourth-order valence-corrected chi connectivity index (χ4v) is 1.99. The molecule has 0 atom stereocenters. The van der Waals surface area contributed by atoms with Crippen molar-refractivity contribution < 1.29 is 4.79 Å². The van der Waals surface area contributed by atoms with Gasteiger partial charge in [-0.05, 0) is 24.5 Å². The highest BCUT2D eigenvalue weighted by atomic mass is 79.9. The van der Waals surface area contributed by atoms with Crippen molar-refractivity contribution in [3.8, 4) is 0 Å².